The smallest absolute Gasteiger partial charge is 0.113 e. The van der Waals surface area contributed by atoms with Crippen LogP contribution in [0.5, 0.6) is 0 Å². The Bertz CT molecular complexity index is 1170. The summed E-state index contributed by atoms with van der Waals surface area (Å²) in [4.78, 5) is 0. The molecule has 0 saturated carbocycles. The number of fused-ring (bicyclic) bond motifs is 8. The van der Waals surface area contributed by atoms with Gasteiger partial charge >= 0.3 is 0 Å². The fourth-order valence-corrected chi connectivity index (χ4v) is 8.91. The van der Waals surface area contributed by atoms with Gasteiger partial charge in [0.15, 0.2) is 0 Å². The normalized spacial score (nSPS) is 16.8. The van der Waals surface area contributed by atoms with E-state index in [0.29, 0.717) is 0 Å². The van der Waals surface area contributed by atoms with Crippen molar-refractivity contribution in [1.29, 1.82) is 0 Å². The van der Waals surface area contributed by atoms with Crippen LogP contribution in [0.3, 0.4) is 0 Å². The SMILES string of the molecule is C[Si]1(C)c2ccccc2C2(c3ccccc3Nc3ccccc32)c2ccccc21. The van der Waals surface area contributed by atoms with Crippen LogP contribution in [0, 0.1) is 0 Å². The lowest BCUT2D eigenvalue weighted by atomic mass is 9.62. The van der Waals surface area contributed by atoms with Crippen LogP contribution < -0.4 is 15.7 Å². The van der Waals surface area contributed by atoms with Crippen LogP contribution in [0.4, 0.5) is 11.4 Å². The zero-order valence-electron chi connectivity index (χ0n) is 16.7. The van der Waals surface area contributed by atoms with E-state index >= 15 is 0 Å². The Morgan fingerprint density at radius 2 is 0.897 bits per heavy atom. The number of hydrogen-bond donors (Lipinski definition) is 1. The predicted octanol–water partition coefficient (Wildman–Crippen LogP) is 5.26. The summed E-state index contributed by atoms with van der Waals surface area (Å²) in [5, 5.41) is 6.80. The number of para-hydroxylation sites is 2. The van der Waals surface area contributed by atoms with Crippen LogP contribution >= 0.6 is 0 Å². The molecule has 0 unspecified atom stereocenters. The molecule has 140 valence electrons. The number of benzene rings is 4. The zero-order valence-corrected chi connectivity index (χ0v) is 17.7. The highest BCUT2D eigenvalue weighted by molar-refractivity contribution is 7.01. The quantitative estimate of drug-likeness (QED) is 0.356. The molecule has 2 aliphatic heterocycles. The van der Waals surface area contributed by atoms with Gasteiger partial charge in [-0.05, 0) is 44.8 Å². The average Bonchev–Trinajstić information content (AvgIpc) is 2.77. The van der Waals surface area contributed by atoms with Crippen molar-refractivity contribution in [3.8, 4) is 0 Å². The van der Waals surface area contributed by atoms with Gasteiger partial charge in [0, 0.05) is 11.4 Å². The van der Waals surface area contributed by atoms with Gasteiger partial charge in [-0.15, -0.1) is 0 Å². The molecule has 1 spiro atoms. The molecule has 29 heavy (non-hydrogen) atoms. The fourth-order valence-electron chi connectivity index (χ4n) is 5.71. The lowest BCUT2D eigenvalue weighted by Gasteiger charge is -2.50. The van der Waals surface area contributed by atoms with Crippen LogP contribution in [0.15, 0.2) is 97.1 Å². The molecule has 0 fully saturated rings. The summed E-state index contributed by atoms with van der Waals surface area (Å²) >= 11 is 0. The van der Waals surface area contributed by atoms with E-state index in [4.69, 9.17) is 0 Å². The Hall–Kier alpha value is -3.10. The third-order valence-electron chi connectivity index (χ3n) is 6.94. The molecular weight excluding hydrogens is 366 g/mol. The fraction of sp³-hybridized carbons (Fsp3) is 0.111. The first-order valence-electron chi connectivity index (χ1n) is 10.3. The van der Waals surface area contributed by atoms with Crippen molar-refractivity contribution >= 4 is 29.8 Å². The molecule has 0 saturated heterocycles. The Morgan fingerprint density at radius 1 is 0.517 bits per heavy atom. The van der Waals surface area contributed by atoms with E-state index < -0.39 is 8.07 Å². The molecule has 4 aromatic carbocycles. The number of nitrogens with one attached hydrogen (secondary N) is 1. The second-order valence-corrected chi connectivity index (χ2v) is 13.0. The van der Waals surface area contributed by atoms with Gasteiger partial charge in [0.05, 0.1) is 5.41 Å². The number of rotatable bonds is 0. The first-order chi connectivity index (χ1) is 14.1. The van der Waals surface area contributed by atoms with Crippen LogP contribution in [-0.2, 0) is 5.41 Å². The van der Waals surface area contributed by atoms with Crippen LogP contribution in [0.2, 0.25) is 13.1 Å². The van der Waals surface area contributed by atoms with E-state index in [0.717, 1.165) is 0 Å². The molecule has 0 radical (unpaired) electrons. The molecule has 0 bridgehead atoms. The van der Waals surface area contributed by atoms with Gasteiger partial charge in [-0.1, -0.05) is 98.0 Å². The summed E-state index contributed by atoms with van der Waals surface area (Å²) in [6, 6.07) is 36.1. The second kappa shape index (κ2) is 5.71. The zero-order chi connectivity index (χ0) is 19.6. The monoisotopic (exact) mass is 389 g/mol. The summed E-state index contributed by atoms with van der Waals surface area (Å²) in [6.45, 7) is 4.99. The van der Waals surface area contributed by atoms with Gasteiger partial charge in [-0.2, -0.15) is 0 Å². The first-order valence-corrected chi connectivity index (χ1v) is 13.3. The van der Waals surface area contributed by atoms with Crippen molar-refractivity contribution in [2.45, 2.75) is 18.5 Å². The Balaban J connectivity index is 1.88. The molecule has 0 amide bonds. The lowest BCUT2D eigenvalue weighted by molar-refractivity contribution is 0.745. The molecule has 4 aromatic rings. The minimum absolute atomic E-state index is 0.284. The molecule has 2 heterocycles. The van der Waals surface area contributed by atoms with Crippen molar-refractivity contribution in [3.63, 3.8) is 0 Å². The van der Waals surface area contributed by atoms with Crippen LogP contribution in [-0.4, -0.2) is 8.07 Å². The molecule has 2 heteroatoms. The Kier molecular flexibility index (Phi) is 3.31. The van der Waals surface area contributed by atoms with Gasteiger partial charge in [-0.3, -0.25) is 0 Å². The molecule has 1 nitrogen and oxygen atoms in total. The van der Waals surface area contributed by atoms with E-state index in [9.17, 15) is 0 Å². The minimum Gasteiger partial charge on any atom is -0.355 e. The molecule has 6 rings (SSSR count). The number of anilines is 2. The summed E-state index contributed by atoms with van der Waals surface area (Å²) in [5.41, 5.74) is 7.74. The Labute approximate surface area is 173 Å². The first kappa shape index (κ1) is 16.8. The van der Waals surface area contributed by atoms with Gasteiger partial charge in [0.2, 0.25) is 0 Å². The lowest BCUT2D eigenvalue weighted by Crippen LogP contribution is -2.63. The highest BCUT2D eigenvalue weighted by atomic mass is 28.3. The summed E-state index contributed by atoms with van der Waals surface area (Å²) < 4.78 is 0. The van der Waals surface area contributed by atoms with E-state index in [1.807, 2.05) is 0 Å². The summed E-state index contributed by atoms with van der Waals surface area (Å²) in [7, 11) is -1.80. The summed E-state index contributed by atoms with van der Waals surface area (Å²) in [6.07, 6.45) is 0. The molecule has 1 N–H and O–H groups in total. The van der Waals surface area contributed by atoms with E-state index in [1.54, 1.807) is 10.4 Å². The van der Waals surface area contributed by atoms with Crippen molar-refractivity contribution in [2.75, 3.05) is 5.32 Å². The van der Waals surface area contributed by atoms with Crippen molar-refractivity contribution in [2.24, 2.45) is 0 Å². The standard InChI is InChI=1S/C27H23NSi/c1-29(2)25-17-9-5-13-21(25)27(22-14-6-10-18-26(22)29)19-11-3-7-15-23(19)28-24-16-8-4-12-20(24)27/h3-18,28H,1-2H3. The third kappa shape index (κ3) is 1.99. The van der Waals surface area contributed by atoms with E-state index in [2.05, 4.69) is 115 Å². The van der Waals surface area contributed by atoms with Gasteiger partial charge in [0.25, 0.3) is 0 Å². The van der Waals surface area contributed by atoms with Gasteiger partial charge in [0.1, 0.15) is 8.07 Å². The van der Waals surface area contributed by atoms with Gasteiger partial charge in [-0.25, -0.2) is 0 Å². The maximum absolute atomic E-state index is 3.71. The molecule has 0 aromatic heterocycles. The Morgan fingerprint density at radius 3 is 1.38 bits per heavy atom. The predicted molar refractivity (Wildman–Crippen MR) is 125 cm³/mol. The highest BCUT2D eigenvalue weighted by Gasteiger charge is 2.52. The molecule has 2 aliphatic rings. The maximum Gasteiger partial charge on any atom is 0.113 e. The maximum atomic E-state index is 3.71. The molecular formula is C27H23NSi. The summed E-state index contributed by atoms with van der Waals surface area (Å²) in [5.74, 6) is 0. The van der Waals surface area contributed by atoms with Crippen LogP contribution in [0.1, 0.15) is 22.3 Å². The van der Waals surface area contributed by atoms with E-state index in [1.165, 1.54) is 33.6 Å². The second-order valence-electron chi connectivity index (χ2n) is 8.68. The van der Waals surface area contributed by atoms with Gasteiger partial charge < -0.3 is 5.32 Å². The topological polar surface area (TPSA) is 12.0 Å². The highest BCUT2D eigenvalue weighted by Crippen LogP contribution is 2.54. The third-order valence-corrected chi connectivity index (χ3v) is 10.5. The van der Waals surface area contributed by atoms with Crippen molar-refractivity contribution < 1.29 is 0 Å². The average molecular weight is 390 g/mol. The van der Waals surface area contributed by atoms with Crippen molar-refractivity contribution in [1.82, 2.24) is 0 Å². The molecule has 0 atom stereocenters. The van der Waals surface area contributed by atoms with E-state index in [-0.39, 0.29) is 5.41 Å². The largest absolute Gasteiger partial charge is 0.355 e. The number of hydrogen-bond acceptors (Lipinski definition) is 1. The van der Waals surface area contributed by atoms with Crippen molar-refractivity contribution in [3.05, 3.63) is 119 Å². The minimum atomic E-state index is -1.80. The van der Waals surface area contributed by atoms with Crippen LogP contribution in [0.25, 0.3) is 0 Å². The molecule has 0 aliphatic carbocycles.